The van der Waals surface area contributed by atoms with Crippen molar-refractivity contribution in [3.63, 3.8) is 0 Å². The van der Waals surface area contributed by atoms with Gasteiger partial charge in [0.15, 0.2) is 29.8 Å². The van der Waals surface area contributed by atoms with E-state index >= 15 is 0 Å². The highest BCUT2D eigenvalue weighted by molar-refractivity contribution is 8.00. The third-order valence-corrected chi connectivity index (χ3v) is 8.84. The number of halogens is 1. The van der Waals surface area contributed by atoms with E-state index in [0.29, 0.717) is 12.1 Å². The number of carbonyl (C=O) groups is 4. The van der Waals surface area contributed by atoms with Crippen LogP contribution in [-0.2, 0) is 30.6 Å². The van der Waals surface area contributed by atoms with Crippen LogP contribution < -0.4 is 31.8 Å². The summed E-state index contributed by atoms with van der Waals surface area (Å²) in [7, 11) is 0. The predicted octanol–water partition coefficient (Wildman–Crippen LogP) is -0.887. The van der Waals surface area contributed by atoms with Gasteiger partial charge in [-0.05, 0) is 20.3 Å². The number of pyridine rings is 1. The molecule has 2 aromatic heterocycles. The average Bonchev–Trinajstić information content (AvgIpc) is 3.28. The second kappa shape index (κ2) is 13.6. The van der Waals surface area contributed by atoms with Gasteiger partial charge >= 0.3 is 5.97 Å². The Morgan fingerprint density at radius 3 is 2.63 bits per heavy atom. The van der Waals surface area contributed by atoms with Crippen molar-refractivity contribution in [1.29, 1.82) is 0 Å². The molecule has 4 rings (SSSR count). The number of nitrogen functional groups attached to an aromatic ring is 1. The van der Waals surface area contributed by atoms with Gasteiger partial charge in [0.2, 0.25) is 6.10 Å². The Morgan fingerprint density at radius 2 is 2.05 bits per heavy atom. The summed E-state index contributed by atoms with van der Waals surface area (Å²) in [5.41, 5.74) is 11.9. The number of aliphatic carboxylic acids is 2. The third-order valence-electron chi connectivity index (χ3n) is 6.41. The molecule has 4 heterocycles. The zero-order valence-corrected chi connectivity index (χ0v) is 25.4. The molecule has 0 saturated carbocycles. The molecule has 0 unspecified atom stereocenters. The summed E-state index contributed by atoms with van der Waals surface area (Å²) < 4.78 is 1.77. The van der Waals surface area contributed by atoms with E-state index in [2.05, 4.69) is 20.8 Å². The topological polar surface area (TPSA) is 229 Å². The van der Waals surface area contributed by atoms with E-state index in [4.69, 9.17) is 33.0 Å². The molecule has 2 amide bonds. The van der Waals surface area contributed by atoms with Crippen LogP contribution in [0.3, 0.4) is 0 Å². The molecule has 0 spiro atoms. The van der Waals surface area contributed by atoms with Gasteiger partial charge in [-0.1, -0.05) is 28.1 Å². The number of oxime groups is 1. The molecule has 0 aromatic carbocycles. The number of fused-ring (bicyclic) bond motifs is 1. The van der Waals surface area contributed by atoms with E-state index in [0.717, 1.165) is 28.3 Å². The standard InChI is InChI=1S/C25H29ClN8O7S2/c1-11(27)3-6-29-14-4-7-33(8-5-14)9-13-10-42-22-17(21(36)34(22)18(13)24(39)40)30-20(35)16(32-41-12(2)23(37)38)15-19(26)43-25(28)31-15/h4-5,7-8,11-12,17,22H,3,6,9-10,27H2,1-2H3,(H5,28,30,31,35,37,38,39,40)/b32-16-/t11-,12-,17+,22+/m0/s1. The van der Waals surface area contributed by atoms with Gasteiger partial charge in [0.1, 0.15) is 21.4 Å². The molecule has 2 aliphatic rings. The summed E-state index contributed by atoms with van der Waals surface area (Å²) in [6, 6.07) is 2.65. The summed E-state index contributed by atoms with van der Waals surface area (Å²) in [4.78, 5) is 59.7. The summed E-state index contributed by atoms with van der Waals surface area (Å²) >= 11 is 8.26. The maximum absolute atomic E-state index is 13.2. The molecule has 15 nitrogen and oxygen atoms in total. The Bertz CT molecular complexity index is 1480. The lowest BCUT2D eigenvalue weighted by molar-refractivity contribution is -0.689. The Balaban J connectivity index is 1.49. The fraction of sp³-hybridized carbons (Fsp3) is 0.400. The Labute approximate surface area is 258 Å². The average molecular weight is 653 g/mol. The molecule has 18 heteroatoms. The van der Waals surface area contributed by atoms with Crippen LogP contribution in [0.5, 0.6) is 0 Å². The smallest absolute Gasteiger partial charge is 0.347 e. The number of hydrogen-bond donors (Lipinski definition) is 5. The Kier molecular flexibility index (Phi) is 10.1. The van der Waals surface area contributed by atoms with Crippen molar-refractivity contribution in [2.45, 2.75) is 50.4 Å². The van der Waals surface area contributed by atoms with Crippen LogP contribution in [-0.4, -0.2) is 80.3 Å². The number of rotatable bonds is 13. The molecule has 1 saturated heterocycles. The van der Waals surface area contributed by atoms with Gasteiger partial charge in [-0.25, -0.2) is 14.3 Å². The largest absolute Gasteiger partial charge is 0.543 e. The van der Waals surface area contributed by atoms with E-state index in [1.807, 2.05) is 19.1 Å². The van der Waals surface area contributed by atoms with E-state index < -0.39 is 47.0 Å². The minimum atomic E-state index is -1.52. The number of anilines is 2. The second-order valence-corrected chi connectivity index (χ2v) is 12.5. The first-order chi connectivity index (χ1) is 20.4. The van der Waals surface area contributed by atoms with E-state index in [1.165, 1.54) is 18.7 Å². The van der Waals surface area contributed by atoms with Gasteiger partial charge in [0.25, 0.3) is 11.8 Å². The van der Waals surface area contributed by atoms with Crippen LogP contribution in [0.2, 0.25) is 4.34 Å². The third kappa shape index (κ3) is 7.35. The molecule has 2 aliphatic heterocycles. The molecule has 2 aromatic rings. The summed E-state index contributed by atoms with van der Waals surface area (Å²) in [5, 5.41) is 29.9. The Morgan fingerprint density at radius 1 is 1.35 bits per heavy atom. The quantitative estimate of drug-likeness (QED) is 0.0768. The van der Waals surface area contributed by atoms with Crippen molar-refractivity contribution < 1.29 is 38.8 Å². The zero-order chi connectivity index (χ0) is 31.4. The van der Waals surface area contributed by atoms with Crippen molar-refractivity contribution in [3.8, 4) is 0 Å². The minimum absolute atomic E-state index is 0.00938. The molecule has 1 fully saturated rings. The number of carboxylic acids is 2. The monoisotopic (exact) mass is 652 g/mol. The number of β-lactam (4-membered cyclic amide) rings is 1. The number of carbonyl (C=O) groups excluding carboxylic acids is 3. The fourth-order valence-corrected chi connectivity index (χ4v) is 6.44. The molecule has 0 aliphatic carbocycles. The molecular weight excluding hydrogens is 624 g/mol. The van der Waals surface area contributed by atoms with Crippen molar-refractivity contribution >= 4 is 75.0 Å². The van der Waals surface area contributed by atoms with Crippen molar-refractivity contribution in [2.75, 3.05) is 23.3 Å². The maximum Gasteiger partial charge on any atom is 0.347 e. The molecule has 7 N–H and O–H groups in total. The minimum Gasteiger partial charge on any atom is -0.543 e. The number of nitrogens with one attached hydrogen (secondary N) is 2. The van der Waals surface area contributed by atoms with Crippen LogP contribution in [0.1, 0.15) is 26.0 Å². The first kappa shape index (κ1) is 32.0. The number of hydrogen-bond acceptors (Lipinski definition) is 13. The maximum atomic E-state index is 13.2. The first-order valence-corrected chi connectivity index (χ1v) is 15.2. The van der Waals surface area contributed by atoms with Crippen LogP contribution in [0.25, 0.3) is 0 Å². The number of amides is 2. The number of aromatic nitrogens is 2. The van der Waals surface area contributed by atoms with Crippen LogP contribution >= 0.6 is 34.7 Å². The highest BCUT2D eigenvalue weighted by Gasteiger charge is 2.53. The number of nitrogens with two attached hydrogens (primary N) is 2. The molecule has 0 bridgehead atoms. The van der Waals surface area contributed by atoms with Crippen LogP contribution in [0, 0.1) is 0 Å². The van der Waals surface area contributed by atoms with E-state index in [1.54, 1.807) is 17.0 Å². The van der Waals surface area contributed by atoms with Gasteiger partial charge in [-0.2, -0.15) is 0 Å². The molecule has 4 atom stereocenters. The fourth-order valence-electron chi connectivity index (χ4n) is 4.18. The molecule has 43 heavy (non-hydrogen) atoms. The van der Waals surface area contributed by atoms with Gasteiger partial charge < -0.3 is 41.9 Å². The lowest BCUT2D eigenvalue weighted by Gasteiger charge is -2.50. The van der Waals surface area contributed by atoms with Crippen molar-refractivity contribution in [2.24, 2.45) is 10.9 Å². The van der Waals surface area contributed by atoms with Crippen molar-refractivity contribution in [3.05, 3.63) is 45.8 Å². The first-order valence-electron chi connectivity index (χ1n) is 12.9. The predicted molar refractivity (Wildman–Crippen MR) is 157 cm³/mol. The summed E-state index contributed by atoms with van der Waals surface area (Å²) in [6.07, 6.45) is 2.97. The Hall–Kier alpha value is -3.93. The van der Waals surface area contributed by atoms with E-state index in [9.17, 15) is 24.3 Å². The zero-order valence-electron chi connectivity index (χ0n) is 23.0. The lowest BCUT2D eigenvalue weighted by atomic mass is 10.0. The number of thioether (sulfide) groups is 1. The van der Waals surface area contributed by atoms with Gasteiger partial charge in [-0.15, -0.1) is 11.8 Å². The normalized spacial score (nSPS) is 19.7. The highest BCUT2D eigenvalue weighted by Crippen LogP contribution is 2.40. The van der Waals surface area contributed by atoms with Gasteiger partial charge in [-0.3, -0.25) is 14.5 Å². The molecular formula is C25H29ClN8O7S2. The van der Waals surface area contributed by atoms with Crippen molar-refractivity contribution in [1.82, 2.24) is 15.2 Å². The number of thiazole rings is 1. The SMILES string of the molecule is C[C@H](N)CCNc1cc[n+](CC2=C(C(=O)[O-])N3C(=O)[C@@H](NC(=O)/C(=N\O[C@@H](C)C(=O)O)c4nc(N)sc4Cl)[C@H]3SC2)cc1. The van der Waals surface area contributed by atoms with Crippen LogP contribution in [0.15, 0.2) is 41.0 Å². The second-order valence-electron chi connectivity index (χ2n) is 9.75. The number of carboxylic acid groups (broad SMARTS) is 2. The van der Waals surface area contributed by atoms with E-state index in [-0.39, 0.29) is 39.2 Å². The molecule has 230 valence electrons. The number of nitrogens with zero attached hydrogens (tertiary/aromatic N) is 4. The highest BCUT2D eigenvalue weighted by atomic mass is 35.5. The molecule has 0 radical (unpaired) electrons. The van der Waals surface area contributed by atoms with Crippen LogP contribution in [0.4, 0.5) is 10.8 Å². The van der Waals surface area contributed by atoms with Gasteiger partial charge in [0.05, 0.1) is 11.7 Å². The summed E-state index contributed by atoms with van der Waals surface area (Å²) in [6.45, 7) is 4.03. The lowest BCUT2D eigenvalue weighted by Crippen LogP contribution is -2.71. The van der Waals surface area contributed by atoms with Gasteiger partial charge in [0, 0.05) is 41.7 Å². The summed E-state index contributed by atoms with van der Waals surface area (Å²) in [5.74, 6) is -4.23.